The van der Waals surface area contributed by atoms with E-state index in [0.29, 0.717) is 22.0 Å². The summed E-state index contributed by atoms with van der Waals surface area (Å²) in [7, 11) is 0. The Balaban J connectivity index is 1.55. The average Bonchev–Trinajstić information content (AvgIpc) is 2.67. The summed E-state index contributed by atoms with van der Waals surface area (Å²) in [6, 6.07) is 14.2. The molecule has 0 spiro atoms. The Labute approximate surface area is 158 Å². The molecule has 2 aromatic rings. The Kier molecular flexibility index (Phi) is 5.98. The highest BCUT2D eigenvalue weighted by molar-refractivity contribution is 6.33. The van der Waals surface area contributed by atoms with Crippen molar-refractivity contribution in [3.63, 3.8) is 0 Å². The van der Waals surface area contributed by atoms with Crippen molar-refractivity contribution in [2.45, 2.75) is 19.3 Å². The second-order valence-electron chi connectivity index (χ2n) is 6.19. The number of piperidine rings is 1. The normalized spacial score (nSPS) is 13.8. The second kappa shape index (κ2) is 8.59. The maximum absolute atomic E-state index is 12.1. The Bertz CT molecular complexity index is 809. The van der Waals surface area contributed by atoms with Crippen LogP contribution in [-0.2, 0) is 4.79 Å². The molecule has 3 rings (SSSR count). The number of amides is 1. The van der Waals surface area contributed by atoms with Gasteiger partial charge in [0, 0.05) is 18.8 Å². The fourth-order valence-corrected chi connectivity index (χ4v) is 3.25. The Morgan fingerprint density at radius 3 is 2.54 bits per heavy atom. The van der Waals surface area contributed by atoms with Gasteiger partial charge in [0.2, 0.25) is 0 Å². The summed E-state index contributed by atoms with van der Waals surface area (Å²) >= 11 is 6.40. The molecule has 0 radical (unpaired) electrons. The van der Waals surface area contributed by atoms with Gasteiger partial charge in [-0.1, -0.05) is 11.6 Å². The third kappa shape index (κ3) is 4.68. The van der Waals surface area contributed by atoms with Crippen LogP contribution >= 0.6 is 11.6 Å². The van der Waals surface area contributed by atoms with Gasteiger partial charge in [0.05, 0.1) is 22.3 Å². The van der Waals surface area contributed by atoms with Crippen LogP contribution in [0.15, 0.2) is 42.5 Å². The molecule has 5 nitrogen and oxygen atoms in total. The number of ether oxygens (including phenoxy) is 1. The molecule has 6 heteroatoms. The van der Waals surface area contributed by atoms with Crippen LogP contribution in [0, 0.1) is 11.3 Å². The molecule has 0 atom stereocenters. The van der Waals surface area contributed by atoms with E-state index in [1.165, 1.54) is 19.3 Å². The maximum Gasteiger partial charge on any atom is 0.262 e. The van der Waals surface area contributed by atoms with Gasteiger partial charge < -0.3 is 15.0 Å². The topological polar surface area (TPSA) is 65.4 Å². The van der Waals surface area contributed by atoms with Gasteiger partial charge in [0.25, 0.3) is 5.91 Å². The average molecular weight is 370 g/mol. The molecule has 0 bridgehead atoms. The lowest BCUT2D eigenvalue weighted by Crippen LogP contribution is -2.29. The van der Waals surface area contributed by atoms with Gasteiger partial charge in [-0.3, -0.25) is 4.79 Å². The van der Waals surface area contributed by atoms with Crippen molar-refractivity contribution in [2.24, 2.45) is 0 Å². The molecule has 0 saturated carbocycles. The van der Waals surface area contributed by atoms with Crippen LogP contribution in [0.2, 0.25) is 5.02 Å². The van der Waals surface area contributed by atoms with Crippen LogP contribution in [0.5, 0.6) is 5.75 Å². The van der Waals surface area contributed by atoms with Gasteiger partial charge >= 0.3 is 0 Å². The van der Waals surface area contributed by atoms with E-state index in [4.69, 9.17) is 21.6 Å². The van der Waals surface area contributed by atoms with Crippen LogP contribution in [0.4, 0.5) is 11.4 Å². The minimum absolute atomic E-state index is 0.114. The first-order chi connectivity index (χ1) is 12.7. The predicted molar refractivity (Wildman–Crippen MR) is 103 cm³/mol. The molecule has 1 N–H and O–H groups in total. The quantitative estimate of drug-likeness (QED) is 0.856. The highest BCUT2D eigenvalue weighted by Crippen LogP contribution is 2.30. The number of carbonyl (C=O) groups excluding carboxylic acids is 1. The number of hydrogen-bond acceptors (Lipinski definition) is 4. The van der Waals surface area contributed by atoms with Gasteiger partial charge in [-0.05, 0) is 61.7 Å². The molecular formula is C20H20ClN3O2. The Morgan fingerprint density at radius 2 is 1.88 bits per heavy atom. The third-order valence-corrected chi connectivity index (χ3v) is 4.58. The first-order valence-corrected chi connectivity index (χ1v) is 9.01. The van der Waals surface area contributed by atoms with E-state index in [2.05, 4.69) is 10.2 Å². The van der Waals surface area contributed by atoms with Gasteiger partial charge in [0.1, 0.15) is 5.75 Å². The number of halogens is 1. The van der Waals surface area contributed by atoms with E-state index >= 15 is 0 Å². The fourth-order valence-electron chi connectivity index (χ4n) is 2.95. The second-order valence-corrected chi connectivity index (χ2v) is 6.59. The van der Waals surface area contributed by atoms with Crippen molar-refractivity contribution in [1.82, 2.24) is 0 Å². The number of hydrogen-bond donors (Lipinski definition) is 1. The zero-order valence-electron chi connectivity index (χ0n) is 14.4. The minimum Gasteiger partial charge on any atom is -0.484 e. The molecule has 1 aliphatic rings. The van der Waals surface area contributed by atoms with Crippen molar-refractivity contribution in [1.29, 1.82) is 5.26 Å². The summed E-state index contributed by atoms with van der Waals surface area (Å²) in [6.07, 6.45) is 3.63. The van der Waals surface area contributed by atoms with E-state index in [1.807, 2.05) is 18.2 Å². The van der Waals surface area contributed by atoms with Crippen molar-refractivity contribution in [3.8, 4) is 11.8 Å². The zero-order valence-corrected chi connectivity index (χ0v) is 15.1. The molecular weight excluding hydrogens is 350 g/mol. The predicted octanol–water partition coefficient (Wildman–Crippen LogP) is 4.22. The molecule has 0 aromatic heterocycles. The lowest BCUT2D eigenvalue weighted by Gasteiger charge is -2.29. The van der Waals surface area contributed by atoms with E-state index in [9.17, 15) is 4.79 Å². The Hall–Kier alpha value is -2.71. The number of nitriles is 1. The van der Waals surface area contributed by atoms with Crippen LogP contribution in [0.3, 0.4) is 0 Å². The van der Waals surface area contributed by atoms with Crippen molar-refractivity contribution >= 4 is 28.9 Å². The van der Waals surface area contributed by atoms with Gasteiger partial charge in [0.15, 0.2) is 6.61 Å². The number of rotatable bonds is 5. The van der Waals surface area contributed by atoms with Crippen LogP contribution in [-0.4, -0.2) is 25.6 Å². The molecule has 0 unspecified atom stereocenters. The van der Waals surface area contributed by atoms with E-state index in [-0.39, 0.29) is 12.5 Å². The molecule has 134 valence electrons. The van der Waals surface area contributed by atoms with E-state index in [0.717, 1.165) is 18.8 Å². The monoisotopic (exact) mass is 369 g/mol. The number of nitrogens with one attached hydrogen (secondary N) is 1. The van der Waals surface area contributed by atoms with Crippen LogP contribution in [0.1, 0.15) is 24.8 Å². The number of nitrogens with zero attached hydrogens (tertiary/aromatic N) is 2. The summed E-state index contributed by atoms with van der Waals surface area (Å²) in [5, 5.41) is 12.2. The summed E-state index contributed by atoms with van der Waals surface area (Å²) in [5.41, 5.74) is 2.20. The molecule has 26 heavy (non-hydrogen) atoms. The SMILES string of the molecule is N#Cc1ccc(OCC(=O)Nc2ccc(N3CCCCC3)c(Cl)c2)cc1. The smallest absolute Gasteiger partial charge is 0.262 e. The number of carbonyl (C=O) groups is 1. The highest BCUT2D eigenvalue weighted by atomic mass is 35.5. The van der Waals surface area contributed by atoms with Crippen LogP contribution < -0.4 is 15.0 Å². The van der Waals surface area contributed by atoms with Gasteiger partial charge in [-0.2, -0.15) is 5.26 Å². The molecule has 1 amide bonds. The zero-order chi connectivity index (χ0) is 18.4. The summed E-state index contributed by atoms with van der Waals surface area (Å²) < 4.78 is 5.43. The minimum atomic E-state index is -0.267. The van der Waals surface area contributed by atoms with Crippen molar-refractivity contribution in [2.75, 3.05) is 29.9 Å². The van der Waals surface area contributed by atoms with Crippen molar-refractivity contribution < 1.29 is 9.53 Å². The van der Waals surface area contributed by atoms with Crippen LogP contribution in [0.25, 0.3) is 0 Å². The first-order valence-electron chi connectivity index (χ1n) is 8.63. The molecule has 1 fully saturated rings. The third-order valence-electron chi connectivity index (χ3n) is 4.28. The molecule has 2 aromatic carbocycles. The lowest BCUT2D eigenvalue weighted by molar-refractivity contribution is -0.118. The highest BCUT2D eigenvalue weighted by Gasteiger charge is 2.14. The van der Waals surface area contributed by atoms with Gasteiger partial charge in [-0.25, -0.2) is 0 Å². The molecule has 0 aliphatic carbocycles. The number of benzene rings is 2. The summed E-state index contributed by atoms with van der Waals surface area (Å²) in [5.74, 6) is 0.272. The van der Waals surface area contributed by atoms with E-state index < -0.39 is 0 Å². The maximum atomic E-state index is 12.1. The largest absolute Gasteiger partial charge is 0.484 e. The summed E-state index contributed by atoms with van der Waals surface area (Å²) in [4.78, 5) is 14.3. The molecule has 1 heterocycles. The fraction of sp³-hybridized carbons (Fsp3) is 0.300. The summed E-state index contributed by atoms with van der Waals surface area (Å²) in [6.45, 7) is 1.92. The molecule has 1 saturated heterocycles. The number of anilines is 2. The standard InChI is InChI=1S/C20H20ClN3O2/c21-18-12-16(6-9-19(18)24-10-2-1-3-11-24)23-20(25)14-26-17-7-4-15(13-22)5-8-17/h4-9,12H,1-3,10-11,14H2,(H,23,25). The van der Waals surface area contributed by atoms with Gasteiger partial charge in [-0.15, -0.1) is 0 Å². The van der Waals surface area contributed by atoms with E-state index in [1.54, 1.807) is 30.3 Å². The molecule has 1 aliphatic heterocycles. The first kappa shape index (κ1) is 18.1. The lowest BCUT2D eigenvalue weighted by atomic mass is 10.1. The van der Waals surface area contributed by atoms with Crippen molar-refractivity contribution in [3.05, 3.63) is 53.1 Å². The Morgan fingerprint density at radius 1 is 1.15 bits per heavy atom.